The van der Waals surface area contributed by atoms with Gasteiger partial charge in [0, 0.05) is 18.3 Å². The summed E-state index contributed by atoms with van der Waals surface area (Å²) >= 11 is 0. The Morgan fingerprint density at radius 1 is 0.864 bits per heavy atom. The van der Waals surface area contributed by atoms with Crippen molar-refractivity contribution in [3.8, 4) is 5.75 Å². The van der Waals surface area contributed by atoms with Gasteiger partial charge in [-0.05, 0) is 41.3 Å². The zero-order valence-corrected chi connectivity index (χ0v) is 12.6. The molecule has 0 saturated heterocycles. The van der Waals surface area contributed by atoms with Crippen LogP contribution in [0.4, 0.5) is 0 Å². The maximum absolute atomic E-state index is 5.26. The minimum atomic E-state index is 0.316. The highest BCUT2D eigenvalue weighted by molar-refractivity contribution is 5.37. The highest BCUT2D eigenvalue weighted by Gasteiger charge is 2.15. The van der Waals surface area contributed by atoms with E-state index in [-0.39, 0.29) is 0 Å². The third-order valence-electron chi connectivity index (χ3n) is 3.88. The lowest BCUT2D eigenvalue weighted by atomic mass is 9.86. The van der Waals surface area contributed by atoms with Crippen molar-refractivity contribution >= 4 is 0 Å². The van der Waals surface area contributed by atoms with Gasteiger partial charge in [0.2, 0.25) is 0 Å². The molecule has 1 heterocycles. The van der Waals surface area contributed by atoms with Crippen molar-refractivity contribution in [3.63, 3.8) is 0 Å². The fraction of sp³-hybridized carbons (Fsp3) is 0.150. The van der Waals surface area contributed by atoms with Gasteiger partial charge < -0.3 is 4.74 Å². The largest absolute Gasteiger partial charge is 0.497 e. The van der Waals surface area contributed by atoms with Crippen molar-refractivity contribution in [1.82, 2.24) is 4.98 Å². The molecule has 0 bridgehead atoms. The number of nitrogens with zero attached hydrogens (tertiary/aromatic N) is 1. The first kappa shape index (κ1) is 14.3. The molecule has 1 atom stereocenters. The number of pyridine rings is 1. The fourth-order valence-corrected chi connectivity index (χ4v) is 2.70. The topological polar surface area (TPSA) is 22.1 Å². The second-order valence-electron chi connectivity index (χ2n) is 5.30. The molecule has 0 aliphatic heterocycles. The average Bonchev–Trinajstić information content (AvgIpc) is 2.61. The van der Waals surface area contributed by atoms with Crippen molar-refractivity contribution in [1.29, 1.82) is 0 Å². The van der Waals surface area contributed by atoms with E-state index in [0.717, 1.165) is 12.2 Å². The molecule has 0 amide bonds. The van der Waals surface area contributed by atoms with Crippen LogP contribution in [0.25, 0.3) is 0 Å². The molecule has 22 heavy (non-hydrogen) atoms. The Bertz CT molecular complexity index is 693. The number of ether oxygens (including phenoxy) is 1. The quantitative estimate of drug-likeness (QED) is 0.691. The van der Waals surface area contributed by atoms with Gasteiger partial charge in [0.15, 0.2) is 0 Å². The van der Waals surface area contributed by atoms with Crippen LogP contribution in [0, 0.1) is 0 Å². The zero-order valence-electron chi connectivity index (χ0n) is 12.6. The molecular formula is C20H19NO. The fourth-order valence-electron chi connectivity index (χ4n) is 2.70. The Hall–Kier alpha value is -2.61. The van der Waals surface area contributed by atoms with E-state index in [1.165, 1.54) is 16.7 Å². The molecule has 0 spiro atoms. The molecule has 1 unspecified atom stereocenters. The molecule has 0 radical (unpaired) electrons. The highest BCUT2D eigenvalue weighted by Crippen LogP contribution is 2.29. The van der Waals surface area contributed by atoms with Crippen LogP contribution < -0.4 is 4.74 Å². The van der Waals surface area contributed by atoms with E-state index in [1.54, 1.807) is 7.11 Å². The van der Waals surface area contributed by atoms with Crippen LogP contribution in [0.15, 0.2) is 79.1 Å². The van der Waals surface area contributed by atoms with Crippen molar-refractivity contribution in [2.45, 2.75) is 12.3 Å². The summed E-state index contributed by atoms with van der Waals surface area (Å²) in [4.78, 5) is 4.23. The van der Waals surface area contributed by atoms with Gasteiger partial charge in [-0.1, -0.05) is 48.5 Å². The van der Waals surface area contributed by atoms with Crippen molar-refractivity contribution in [2.24, 2.45) is 0 Å². The first-order valence-electron chi connectivity index (χ1n) is 7.44. The van der Waals surface area contributed by atoms with Crippen LogP contribution in [0.3, 0.4) is 0 Å². The lowest BCUT2D eigenvalue weighted by Gasteiger charge is -2.18. The van der Waals surface area contributed by atoms with E-state index in [9.17, 15) is 0 Å². The SMILES string of the molecule is COc1ccc(C(Cc2cccnc2)c2ccccc2)cc1. The standard InChI is InChI=1S/C20H19NO/c1-22-19-11-9-18(10-12-19)20(17-7-3-2-4-8-17)14-16-6-5-13-21-15-16/h2-13,15,20H,14H2,1H3. The summed E-state index contributed by atoms with van der Waals surface area (Å²) in [6, 6.07) is 23.1. The van der Waals surface area contributed by atoms with Gasteiger partial charge in [-0.2, -0.15) is 0 Å². The molecule has 0 N–H and O–H groups in total. The Morgan fingerprint density at radius 2 is 1.59 bits per heavy atom. The zero-order chi connectivity index (χ0) is 15.2. The molecule has 2 heteroatoms. The van der Waals surface area contributed by atoms with Crippen LogP contribution in [0.2, 0.25) is 0 Å². The number of methoxy groups -OCH3 is 1. The molecule has 0 aliphatic rings. The van der Waals surface area contributed by atoms with E-state index < -0.39 is 0 Å². The number of rotatable bonds is 5. The van der Waals surface area contributed by atoms with Crippen LogP contribution in [-0.2, 0) is 6.42 Å². The molecule has 3 aromatic rings. The minimum Gasteiger partial charge on any atom is -0.497 e. The molecule has 2 aromatic carbocycles. The summed E-state index contributed by atoms with van der Waals surface area (Å²) in [6.45, 7) is 0. The molecule has 0 aliphatic carbocycles. The molecular weight excluding hydrogens is 270 g/mol. The summed E-state index contributed by atoms with van der Waals surface area (Å²) < 4.78 is 5.26. The van der Waals surface area contributed by atoms with E-state index >= 15 is 0 Å². The predicted octanol–water partition coefficient (Wildman–Crippen LogP) is 4.46. The van der Waals surface area contributed by atoms with Crippen molar-refractivity contribution in [3.05, 3.63) is 95.8 Å². The summed E-state index contributed by atoms with van der Waals surface area (Å²) in [6.07, 6.45) is 4.69. The molecule has 110 valence electrons. The van der Waals surface area contributed by atoms with Gasteiger partial charge in [-0.15, -0.1) is 0 Å². The Labute approximate surface area is 131 Å². The third-order valence-corrected chi connectivity index (χ3v) is 3.88. The average molecular weight is 289 g/mol. The van der Waals surface area contributed by atoms with Gasteiger partial charge >= 0.3 is 0 Å². The van der Waals surface area contributed by atoms with Gasteiger partial charge in [0.1, 0.15) is 5.75 Å². The number of aromatic nitrogens is 1. The number of benzene rings is 2. The van der Waals surface area contributed by atoms with Gasteiger partial charge in [0.25, 0.3) is 0 Å². The van der Waals surface area contributed by atoms with Gasteiger partial charge in [0.05, 0.1) is 7.11 Å². The third kappa shape index (κ3) is 3.34. The Kier molecular flexibility index (Phi) is 4.50. The minimum absolute atomic E-state index is 0.316. The summed E-state index contributed by atoms with van der Waals surface area (Å²) in [7, 11) is 1.69. The summed E-state index contributed by atoms with van der Waals surface area (Å²) in [5, 5.41) is 0. The van der Waals surface area contributed by atoms with Gasteiger partial charge in [-0.3, -0.25) is 4.98 Å². The number of hydrogen-bond donors (Lipinski definition) is 0. The second kappa shape index (κ2) is 6.90. The van der Waals surface area contributed by atoms with E-state index in [1.807, 2.05) is 30.6 Å². The maximum atomic E-state index is 5.26. The predicted molar refractivity (Wildman–Crippen MR) is 89.2 cm³/mol. The molecule has 0 saturated carbocycles. The van der Waals surface area contributed by atoms with E-state index in [4.69, 9.17) is 4.74 Å². The van der Waals surface area contributed by atoms with Crippen LogP contribution in [0.1, 0.15) is 22.6 Å². The van der Waals surface area contributed by atoms with E-state index in [0.29, 0.717) is 5.92 Å². The summed E-state index contributed by atoms with van der Waals surface area (Å²) in [5.41, 5.74) is 3.85. The van der Waals surface area contributed by atoms with Crippen LogP contribution >= 0.6 is 0 Å². The summed E-state index contributed by atoms with van der Waals surface area (Å²) in [5.74, 6) is 1.20. The lowest BCUT2D eigenvalue weighted by Crippen LogP contribution is -2.05. The normalized spacial score (nSPS) is 11.9. The molecule has 0 fully saturated rings. The maximum Gasteiger partial charge on any atom is 0.118 e. The number of hydrogen-bond acceptors (Lipinski definition) is 2. The Balaban J connectivity index is 1.95. The lowest BCUT2D eigenvalue weighted by molar-refractivity contribution is 0.414. The van der Waals surface area contributed by atoms with Crippen LogP contribution in [-0.4, -0.2) is 12.1 Å². The molecule has 3 rings (SSSR count). The first-order chi connectivity index (χ1) is 10.9. The Morgan fingerprint density at radius 3 is 2.23 bits per heavy atom. The first-order valence-corrected chi connectivity index (χ1v) is 7.44. The van der Waals surface area contributed by atoms with E-state index in [2.05, 4.69) is 53.5 Å². The highest BCUT2D eigenvalue weighted by atomic mass is 16.5. The van der Waals surface area contributed by atoms with Crippen molar-refractivity contribution in [2.75, 3.05) is 7.11 Å². The van der Waals surface area contributed by atoms with Crippen LogP contribution in [0.5, 0.6) is 5.75 Å². The molecule has 2 nitrogen and oxygen atoms in total. The molecule has 1 aromatic heterocycles. The van der Waals surface area contributed by atoms with Crippen molar-refractivity contribution < 1.29 is 4.74 Å². The monoisotopic (exact) mass is 289 g/mol. The van der Waals surface area contributed by atoms with Gasteiger partial charge in [-0.25, -0.2) is 0 Å². The second-order valence-corrected chi connectivity index (χ2v) is 5.30. The smallest absolute Gasteiger partial charge is 0.118 e.